The molecule has 0 aromatic heterocycles. The van der Waals surface area contributed by atoms with Crippen LogP contribution in [-0.2, 0) is 9.47 Å². The molecule has 0 N–H and O–H groups in total. The van der Waals surface area contributed by atoms with E-state index in [0.29, 0.717) is 0 Å². The molecule has 0 aromatic carbocycles. The van der Waals surface area contributed by atoms with Gasteiger partial charge in [-0.15, -0.1) is 0 Å². The van der Waals surface area contributed by atoms with Gasteiger partial charge in [0.05, 0.1) is 7.11 Å². The van der Waals surface area contributed by atoms with Crippen LogP contribution in [0.3, 0.4) is 0 Å². The highest BCUT2D eigenvalue weighted by molar-refractivity contribution is 5.61. The van der Waals surface area contributed by atoms with Gasteiger partial charge in [0.25, 0.3) is 0 Å². The summed E-state index contributed by atoms with van der Waals surface area (Å²) in [5.74, 6) is 0.742. The first-order valence-corrected chi connectivity index (χ1v) is 3.28. The van der Waals surface area contributed by atoms with Crippen LogP contribution in [0.5, 0.6) is 0 Å². The lowest BCUT2D eigenvalue weighted by Crippen LogP contribution is -2.02. The molecule has 1 aliphatic rings. The lowest BCUT2D eigenvalue weighted by Gasteiger charge is -2.00. The van der Waals surface area contributed by atoms with E-state index in [2.05, 4.69) is 4.74 Å². The van der Waals surface area contributed by atoms with Crippen LogP contribution in [-0.4, -0.2) is 13.3 Å². The maximum absolute atomic E-state index is 10.5. The fraction of sp³-hybridized carbons (Fsp3) is 0.571. The molecule has 3 nitrogen and oxygen atoms in total. The summed E-state index contributed by atoms with van der Waals surface area (Å²) in [4.78, 5) is 10.5. The summed E-state index contributed by atoms with van der Waals surface area (Å²) < 4.78 is 9.07. The smallest absolute Gasteiger partial charge is 0.437 e. The Balaban J connectivity index is 2.30. The molecule has 0 unspecified atom stereocenters. The molecule has 0 heterocycles. The van der Waals surface area contributed by atoms with Gasteiger partial charge in [0, 0.05) is 6.42 Å². The second-order valence-corrected chi connectivity index (χ2v) is 2.12. The second kappa shape index (κ2) is 3.25. The van der Waals surface area contributed by atoms with E-state index in [0.717, 1.165) is 25.0 Å². The third-order valence-corrected chi connectivity index (χ3v) is 1.38. The quantitative estimate of drug-likeness (QED) is 0.524. The average Bonchev–Trinajstić information content (AvgIpc) is 2.40. The number of ether oxygens (including phenoxy) is 2. The number of carbonyl (C=O) groups excluding carboxylic acids is 1. The lowest BCUT2D eigenvalue weighted by atomic mass is 10.4. The van der Waals surface area contributed by atoms with Crippen LogP contribution >= 0.6 is 0 Å². The van der Waals surface area contributed by atoms with Crippen molar-refractivity contribution in [3.05, 3.63) is 11.8 Å². The van der Waals surface area contributed by atoms with Crippen LogP contribution in [0, 0.1) is 0 Å². The first-order valence-electron chi connectivity index (χ1n) is 3.28. The van der Waals surface area contributed by atoms with E-state index < -0.39 is 6.16 Å². The van der Waals surface area contributed by atoms with Crippen molar-refractivity contribution in [2.24, 2.45) is 0 Å². The summed E-state index contributed by atoms with van der Waals surface area (Å²) in [5, 5.41) is 0. The molecule has 0 aromatic rings. The SMILES string of the molecule is COC(=O)OC1=CCCC1. The van der Waals surface area contributed by atoms with Crippen molar-refractivity contribution < 1.29 is 14.3 Å². The Morgan fingerprint density at radius 2 is 2.50 bits per heavy atom. The van der Waals surface area contributed by atoms with Crippen LogP contribution in [0.15, 0.2) is 11.8 Å². The van der Waals surface area contributed by atoms with Crippen molar-refractivity contribution in [3.8, 4) is 0 Å². The molecule has 10 heavy (non-hydrogen) atoms. The van der Waals surface area contributed by atoms with Crippen molar-refractivity contribution in [2.75, 3.05) is 7.11 Å². The monoisotopic (exact) mass is 142 g/mol. The Bertz CT molecular complexity index is 160. The Hall–Kier alpha value is -0.990. The Labute approximate surface area is 59.6 Å². The number of carbonyl (C=O) groups is 1. The molecule has 0 saturated carbocycles. The Morgan fingerprint density at radius 1 is 1.70 bits per heavy atom. The van der Waals surface area contributed by atoms with Crippen molar-refractivity contribution >= 4 is 6.16 Å². The van der Waals surface area contributed by atoms with Gasteiger partial charge in [-0.2, -0.15) is 0 Å². The first kappa shape index (κ1) is 7.12. The fourth-order valence-corrected chi connectivity index (χ4v) is 0.883. The predicted molar refractivity (Wildman–Crippen MR) is 35.4 cm³/mol. The molecule has 3 heteroatoms. The topological polar surface area (TPSA) is 35.5 Å². The Kier molecular flexibility index (Phi) is 2.31. The maximum Gasteiger partial charge on any atom is 0.513 e. The van der Waals surface area contributed by atoms with Gasteiger partial charge in [-0.3, -0.25) is 0 Å². The normalized spacial score (nSPS) is 16.3. The lowest BCUT2D eigenvalue weighted by molar-refractivity contribution is 0.0957. The summed E-state index contributed by atoms with van der Waals surface area (Å²) in [6, 6.07) is 0. The molecular formula is C7H10O3. The molecule has 0 spiro atoms. The highest BCUT2D eigenvalue weighted by Crippen LogP contribution is 2.18. The fourth-order valence-electron chi connectivity index (χ4n) is 0.883. The van der Waals surface area contributed by atoms with Crippen molar-refractivity contribution in [3.63, 3.8) is 0 Å². The van der Waals surface area contributed by atoms with Gasteiger partial charge in [0.1, 0.15) is 5.76 Å². The minimum Gasteiger partial charge on any atom is -0.437 e. The van der Waals surface area contributed by atoms with Gasteiger partial charge in [-0.1, -0.05) is 0 Å². The molecule has 1 aliphatic carbocycles. The molecule has 0 saturated heterocycles. The summed E-state index contributed by atoms with van der Waals surface area (Å²) in [6.07, 6.45) is 4.23. The number of rotatable bonds is 1. The van der Waals surface area contributed by atoms with Crippen molar-refractivity contribution in [1.82, 2.24) is 0 Å². The van der Waals surface area contributed by atoms with Crippen molar-refractivity contribution in [1.29, 1.82) is 0 Å². The van der Waals surface area contributed by atoms with Crippen LogP contribution < -0.4 is 0 Å². The minimum atomic E-state index is -0.617. The minimum absolute atomic E-state index is 0.617. The molecule has 0 amide bonds. The van der Waals surface area contributed by atoms with Crippen LogP contribution in [0.4, 0.5) is 4.79 Å². The average molecular weight is 142 g/mol. The number of hydrogen-bond acceptors (Lipinski definition) is 3. The largest absolute Gasteiger partial charge is 0.513 e. The highest BCUT2D eigenvalue weighted by Gasteiger charge is 2.09. The van der Waals surface area contributed by atoms with E-state index >= 15 is 0 Å². The summed E-state index contributed by atoms with van der Waals surface area (Å²) >= 11 is 0. The predicted octanol–water partition coefficient (Wildman–Crippen LogP) is 1.84. The van der Waals surface area contributed by atoms with E-state index in [1.807, 2.05) is 6.08 Å². The van der Waals surface area contributed by atoms with E-state index in [-0.39, 0.29) is 0 Å². The molecule has 56 valence electrons. The van der Waals surface area contributed by atoms with Gasteiger partial charge in [-0.25, -0.2) is 4.79 Å². The third-order valence-electron chi connectivity index (χ3n) is 1.38. The van der Waals surface area contributed by atoms with E-state index in [1.54, 1.807) is 0 Å². The van der Waals surface area contributed by atoms with Crippen LogP contribution in [0.25, 0.3) is 0 Å². The number of methoxy groups -OCH3 is 1. The highest BCUT2D eigenvalue weighted by atomic mass is 16.7. The van der Waals surface area contributed by atoms with Gasteiger partial charge >= 0.3 is 6.16 Å². The first-order chi connectivity index (χ1) is 4.83. The molecule has 0 bridgehead atoms. The van der Waals surface area contributed by atoms with Gasteiger partial charge in [0.15, 0.2) is 0 Å². The standard InChI is InChI=1S/C7H10O3/c1-9-7(8)10-6-4-2-3-5-6/h4H,2-3,5H2,1H3. The second-order valence-electron chi connectivity index (χ2n) is 2.12. The molecule has 0 aliphatic heterocycles. The molecular weight excluding hydrogens is 132 g/mol. The molecule has 0 atom stereocenters. The van der Waals surface area contributed by atoms with E-state index in [1.165, 1.54) is 7.11 Å². The zero-order chi connectivity index (χ0) is 7.40. The van der Waals surface area contributed by atoms with Crippen LogP contribution in [0.2, 0.25) is 0 Å². The zero-order valence-corrected chi connectivity index (χ0v) is 5.92. The van der Waals surface area contributed by atoms with Gasteiger partial charge < -0.3 is 9.47 Å². The van der Waals surface area contributed by atoms with Gasteiger partial charge in [0.2, 0.25) is 0 Å². The number of hydrogen-bond donors (Lipinski definition) is 0. The molecule has 0 fully saturated rings. The van der Waals surface area contributed by atoms with Gasteiger partial charge in [-0.05, 0) is 18.9 Å². The third kappa shape index (κ3) is 1.76. The summed E-state index contributed by atoms with van der Waals surface area (Å²) in [5.41, 5.74) is 0. The van der Waals surface area contributed by atoms with E-state index in [4.69, 9.17) is 4.74 Å². The van der Waals surface area contributed by atoms with Crippen LogP contribution in [0.1, 0.15) is 19.3 Å². The molecule has 1 rings (SSSR count). The summed E-state index contributed by atoms with van der Waals surface area (Å²) in [7, 11) is 1.30. The number of allylic oxidation sites excluding steroid dienone is 2. The van der Waals surface area contributed by atoms with E-state index in [9.17, 15) is 4.79 Å². The summed E-state index contributed by atoms with van der Waals surface area (Å²) in [6.45, 7) is 0. The van der Waals surface area contributed by atoms with Crippen molar-refractivity contribution in [2.45, 2.75) is 19.3 Å². The maximum atomic E-state index is 10.5. The zero-order valence-electron chi connectivity index (χ0n) is 5.92. The Morgan fingerprint density at radius 3 is 3.00 bits per heavy atom. The molecule has 0 radical (unpaired) electrons.